The van der Waals surface area contributed by atoms with Crippen LogP contribution in [0.4, 0.5) is 0 Å². The van der Waals surface area contributed by atoms with Crippen molar-refractivity contribution in [1.82, 2.24) is 0 Å². The lowest BCUT2D eigenvalue weighted by Gasteiger charge is -2.64. The summed E-state index contributed by atoms with van der Waals surface area (Å²) < 4.78 is 29.7. The standard InChI is InChI=1S/C34H44O13/c1-11-9-17-33(7,34(8,42)30(41)47-17)22-19(11)32(6)20(25(22)40)18-21(27(43-12(2)35)29(32)45-14(4)37)31(5)15(23(38)24(18)39)10-16-26(46-16)28(31)44-13(3)36/h9,11,15-16,18-23,25-29,38,40,42H,10H2,1-8H3/t11-,15-,16+,18+,19+,20-,21-,22+,23-,25-,26+,27+,28+,29+,31+,32-,33+,34-/m1/s1. The molecule has 18 atom stereocenters. The number of ether oxygens (including phenoxy) is 5. The van der Waals surface area contributed by atoms with Crippen LogP contribution in [0.5, 0.6) is 0 Å². The first-order valence-corrected chi connectivity index (χ1v) is 16.5. The minimum Gasteiger partial charge on any atom is -0.459 e. The molecule has 0 spiro atoms. The minimum atomic E-state index is -2.06. The highest BCUT2D eigenvalue weighted by molar-refractivity contribution is 5.89. The van der Waals surface area contributed by atoms with Crippen LogP contribution in [-0.4, -0.2) is 93.3 Å². The quantitative estimate of drug-likeness (QED) is 0.219. The van der Waals surface area contributed by atoms with Crippen LogP contribution in [-0.2, 0) is 47.7 Å². The Morgan fingerprint density at radius 3 is 2.04 bits per heavy atom. The molecule has 2 saturated heterocycles. The number of rotatable bonds is 3. The Balaban J connectivity index is 1.49. The van der Waals surface area contributed by atoms with Crippen molar-refractivity contribution >= 4 is 29.7 Å². The van der Waals surface area contributed by atoms with E-state index < -0.39 is 130 Å². The molecule has 0 bridgehead atoms. The first-order chi connectivity index (χ1) is 21.7. The van der Waals surface area contributed by atoms with Gasteiger partial charge in [-0.3, -0.25) is 19.2 Å². The minimum absolute atomic E-state index is 0.209. The summed E-state index contributed by atoms with van der Waals surface area (Å²) >= 11 is 0. The van der Waals surface area contributed by atoms with E-state index in [1.165, 1.54) is 27.7 Å². The van der Waals surface area contributed by atoms with E-state index >= 15 is 0 Å². The second-order valence-electron chi connectivity index (χ2n) is 15.9. The van der Waals surface area contributed by atoms with Gasteiger partial charge in [0.1, 0.15) is 36.3 Å². The number of fused-ring (bicyclic) bond motifs is 10. The molecule has 5 aliphatic carbocycles. The molecule has 3 N–H and O–H groups in total. The van der Waals surface area contributed by atoms with Crippen molar-refractivity contribution < 1.29 is 63.0 Å². The SMILES string of the molecule is CC(=O)O[C@H]1[C@H]2[C@@H](C(=O)[C@H](O)[C@H]3C[C@@H]4O[C@@H]4[C@H](OC(C)=O)[C@]23C)[C@@H]2[C@@H](O)[C@@H]3[C@H]([C@H](C)C=C4OC(=O)[C@@](C)(O)[C@@]43C)[C@@]2(C)[C@H]1OC(C)=O. The van der Waals surface area contributed by atoms with Gasteiger partial charge in [0.05, 0.1) is 17.6 Å². The molecule has 2 heterocycles. The molecular weight excluding hydrogens is 616 g/mol. The highest BCUT2D eigenvalue weighted by Crippen LogP contribution is 2.75. The van der Waals surface area contributed by atoms with Crippen molar-refractivity contribution in [2.24, 2.45) is 57.7 Å². The van der Waals surface area contributed by atoms with Gasteiger partial charge < -0.3 is 39.0 Å². The van der Waals surface area contributed by atoms with Crippen molar-refractivity contribution in [2.45, 2.75) is 110 Å². The number of ketones is 1. The lowest BCUT2D eigenvalue weighted by Crippen LogP contribution is -2.74. The van der Waals surface area contributed by atoms with E-state index in [-0.39, 0.29) is 18.3 Å². The van der Waals surface area contributed by atoms with Gasteiger partial charge >= 0.3 is 23.9 Å². The van der Waals surface area contributed by atoms with E-state index in [9.17, 15) is 39.3 Å². The molecule has 0 amide bonds. The van der Waals surface area contributed by atoms with Crippen LogP contribution in [0.1, 0.15) is 61.8 Å². The van der Waals surface area contributed by atoms with Crippen molar-refractivity contribution in [3.8, 4) is 0 Å². The highest BCUT2D eigenvalue weighted by atomic mass is 16.6. The van der Waals surface area contributed by atoms with Crippen LogP contribution >= 0.6 is 0 Å². The van der Waals surface area contributed by atoms with Crippen LogP contribution in [0.15, 0.2) is 11.8 Å². The van der Waals surface area contributed by atoms with Gasteiger partial charge in [-0.15, -0.1) is 0 Å². The zero-order valence-corrected chi connectivity index (χ0v) is 27.8. The number of carbonyl (C=O) groups excluding carboxylic acids is 5. The molecule has 0 aromatic carbocycles. The summed E-state index contributed by atoms with van der Waals surface area (Å²) in [6.07, 6.45) is -5.23. The first kappa shape index (κ1) is 32.7. The summed E-state index contributed by atoms with van der Waals surface area (Å²) in [6, 6.07) is 0. The smallest absolute Gasteiger partial charge is 0.343 e. The summed E-state index contributed by atoms with van der Waals surface area (Å²) in [5.74, 6) is -9.17. The van der Waals surface area contributed by atoms with Gasteiger partial charge in [0.25, 0.3) is 0 Å². The van der Waals surface area contributed by atoms with E-state index in [4.69, 9.17) is 23.7 Å². The zero-order chi connectivity index (χ0) is 34.5. The number of esters is 4. The molecule has 0 aromatic rings. The van der Waals surface area contributed by atoms with Gasteiger partial charge in [0.15, 0.2) is 11.4 Å². The maximum atomic E-state index is 14.7. The third-order valence-corrected chi connectivity index (χ3v) is 13.8. The maximum Gasteiger partial charge on any atom is 0.343 e. The topological polar surface area (TPSA) is 195 Å². The monoisotopic (exact) mass is 660 g/mol. The third-order valence-electron chi connectivity index (χ3n) is 13.8. The van der Waals surface area contributed by atoms with Crippen molar-refractivity contribution in [2.75, 3.05) is 0 Å². The maximum absolute atomic E-state index is 14.7. The lowest BCUT2D eigenvalue weighted by molar-refractivity contribution is -0.266. The normalized spacial score (nSPS) is 55.1. The van der Waals surface area contributed by atoms with Crippen LogP contribution in [0.3, 0.4) is 0 Å². The van der Waals surface area contributed by atoms with Crippen molar-refractivity contribution in [1.29, 1.82) is 0 Å². The molecule has 13 heteroatoms. The number of allylic oxidation sites excluding steroid dienone is 1. The zero-order valence-electron chi connectivity index (χ0n) is 27.8. The summed E-state index contributed by atoms with van der Waals surface area (Å²) in [7, 11) is 0. The Morgan fingerprint density at radius 2 is 1.45 bits per heavy atom. The van der Waals surface area contributed by atoms with Crippen LogP contribution in [0.2, 0.25) is 0 Å². The van der Waals surface area contributed by atoms with Gasteiger partial charge in [0.2, 0.25) is 0 Å². The summed E-state index contributed by atoms with van der Waals surface area (Å²) in [4.78, 5) is 66.2. The highest BCUT2D eigenvalue weighted by Gasteiger charge is 2.83. The first-order valence-electron chi connectivity index (χ1n) is 16.5. The number of aliphatic hydroxyl groups excluding tert-OH is 2. The van der Waals surface area contributed by atoms with Gasteiger partial charge in [-0.2, -0.15) is 0 Å². The van der Waals surface area contributed by atoms with Gasteiger partial charge in [-0.25, -0.2) is 4.79 Å². The average Bonchev–Trinajstić information content (AvgIpc) is 3.65. The fourth-order valence-electron chi connectivity index (χ4n) is 11.9. The van der Waals surface area contributed by atoms with Crippen molar-refractivity contribution in [3.63, 3.8) is 0 Å². The molecule has 258 valence electrons. The number of carbonyl (C=O) groups is 5. The Kier molecular flexibility index (Phi) is 6.85. The number of Topliss-reactive ketones (excluding diaryl/α,β-unsaturated/α-hetero) is 1. The second-order valence-corrected chi connectivity index (χ2v) is 15.9. The molecule has 7 aliphatic rings. The average molecular weight is 661 g/mol. The van der Waals surface area contributed by atoms with Crippen LogP contribution < -0.4 is 0 Å². The molecule has 2 aliphatic heterocycles. The van der Waals surface area contributed by atoms with E-state index in [2.05, 4.69) is 0 Å². The molecular formula is C34H44O13. The molecule has 47 heavy (non-hydrogen) atoms. The largest absolute Gasteiger partial charge is 0.459 e. The summed E-state index contributed by atoms with van der Waals surface area (Å²) in [6.45, 7) is 12.1. The van der Waals surface area contributed by atoms with E-state index in [0.717, 1.165) is 0 Å². The Morgan fingerprint density at radius 1 is 0.851 bits per heavy atom. The Hall–Kier alpha value is -2.87. The van der Waals surface area contributed by atoms with E-state index in [1.54, 1.807) is 26.8 Å². The molecule has 0 aromatic heterocycles. The fourth-order valence-corrected chi connectivity index (χ4v) is 11.9. The van der Waals surface area contributed by atoms with Gasteiger partial charge in [-0.05, 0) is 38.2 Å². The fraction of sp³-hybridized carbons (Fsp3) is 0.794. The predicted octanol–water partition coefficient (Wildman–Crippen LogP) is 0.842. The summed E-state index contributed by atoms with van der Waals surface area (Å²) in [5, 5.41) is 36.2. The number of hydrogen-bond donors (Lipinski definition) is 3. The lowest BCUT2D eigenvalue weighted by atomic mass is 9.41. The van der Waals surface area contributed by atoms with Crippen LogP contribution in [0.25, 0.3) is 0 Å². The van der Waals surface area contributed by atoms with E-state index in [0.29, 0.717) is 0 Å². The molecule has 4 saturated carbocycles. The Bertz CT molecular complexity index is 1500. The van der Waals surface area contributed by atoms with E-state index in [1.807, 2.05) is 6.92 Å². The second kappa shape index (κ2) is 9.86. The van der Waals surface area contributed by atoms with Crippen molar-refractivity contribution in [3.05, 3.63) is 11.8 Å². The van der Waals surface area contributed by atoms with Gasteiger partial charge in [0, 0.05) is 61.2 Å². The number of hydrogen-bond acceptors (Lipinski definition) is 13. The number of epoxide rings is 1. The van der Waals surface area contributed by atoms with Crippen LogP contribution in [0, 0.1) is 57.7 Å². The molecule has 13 nitrogen and oxygen atoms in total. The molecule has 6 fully saturated rings. The molecule has 7 rings (SSSR count). The Labute approximate surface area is 272 Å². The predicted molar refractivity (Wildman–Crippen MR) is 156 cm³/mol. The molecule has 0 radical (unpaired) electrons. The third kappa shape index (κ3) is 3.82. The van der Waals surface area contributed by atoms with Gasteiger partial charge in [-0.1, -0.05) is 20.8 Å². The summed E-state index contributed by atoms with van der Waals surface area (Å²) in [5.41, 5.74) is -6.05. The number of aliphatic hydroxyl groups is 3. The molecule has 0 unspecified atom stereocenters.